The molecular formula is C14H21ClN4. The molecule has 0 aromatic carbocycles. The van der Waals surface area contributed by atoms with Crippen LogP contribution >= 0.6 is 12.4 Å². The molecule has 0 aliphatic carbocycles. The Balaban J connectivity index is 0.00000180. The van der Waals surface area contributed by atoms with Gasteiger partial charge in [-0.3, -0.25) is 9.67 Å². The van der Waals surface area contributed by atoms with Crippen molar-refractivity contribution in [2.45, 2.75) is 32.7 Å². The number of hydrogen-bond donors (Lipinski definition) is 1. The lowest BCUT2D eigenvalue weighted by Crippen LogP contribution is -2.13. The van der Waals surface area contributed by atoms with Gasteiger partial charge in [0.15, 0.2) is 0 Å². The van der Waals surface area contributed by atoms with E-state index in [1.165, 1.54) is 0 Å². The van der Waals surface area contributed by atoms with E-state index in [-0.39, 0.29) is 17.8 Å². The highest BCUT2D eigenvalue weighted by Crippen LogP contribution is 2.19. The molecular weight excluding hydrogens is 260 g/mol. The van der Waals surface area contributed by atoms with Crippen molar-refractivity contribution in [3.05, 3.63) is 42.0 Å². The van der Waals surface area contributed by atoms with Gasteiger partial charge in [-0.15, -0.1) is 12.4 Å². The first-order chi connectivity index (χ1) is 8.49. The predicted molar refractivity (Wildman–Crippen MR) is 81.1 cm³/mol. The molecule has 0 fully saturated rings. The third-order valence-corrected chi connectivity index (χ3v) is 2.86. The first-order valence-corrected chi connectivity index (χ1v) is 6.14. The zero-order chi connectivity index (χ0) is 13.2. The Morgan fingerprint density at radius 1 is 1.21 bits per heavy atom. The van der Waals surface area contributed by atoms with Gasteiger partial charge >= 0.3 is 0 Å². The molecule has 2 rings (SSSR count). The fourth-order valence-electron chi connectivity index (χ4n) is 1.73. The quantitative estimate of drug-likeness (QED) is 0.939. The molecule has 0 spiro atoms. The molecule has 0 amide bonds. The molecule has 104 valence electrons. The number of rotatable bonds is 3. The summed E-state index contributed by atoms with van der Waals surface area (Å²) in [5.74, 6) is 0. The third kappa shape index (κ3) is 3.96. The van der Waals surface area contributed by atoms with E-state index in [0.29, 0.717) is 0 Å². The molecule has 0 aliphatic heterocycles. The second-order valence-electron chi connectivity index (χ2n) is 5.48. The van der Waals surface area contributed by atoms with E-state index in [2.05, 4.69) is 48.3 Å². The Hall–Kier alpha value is -1.55. The van der Waals surface area contributed by atoms with Crippen LogP contribution in [0.5, 0.6) is 0 Å². The number of pyridine rings is 1. The Bertz CT molecular complexity index is 511. The standard InChI is InChI=1S/C14H20N4.ClH/c1-14(2,3)13-6-5-11(7-16-13)9-18-10-12(15-4)8-17-18;/h5-8,10,15H,9H2,1-4H3;1H. The maximum absolute atomic E-state index is 4.52. The fraction of sp³-hybridized carbons (Fsp3) is 0.429. The van der Waals surface area contributed by atoms with Crippen LogP contribution in [0.25, 0.3) is 0 Å². The molecule has 5 heteroatoms. The van der Waals surface area contributed by atoms with Crippen molar-refractivity contribution in [1.29, 1.82) is 0 Å². The van der Waals surface area contributed by atoms with Gasteiger partial charge in [0.2, 0.25) is 0 Å². The summed E-state index contributed by atoms with van der Waals surface area (Å²) < 4.78 is 1.90. The summed E-state index contributed by atoms with van der Waals surface area (Å²) in [7, 11) is 1.89. The summed E-state index contributed by atoms with van der Waals surface area (Å²) in [6, 6.07) is 4.21. The van der Waals surface area contributed by atoms with Crippen LogP contribution in [0.3, 0.4) is 0 Å². The Morgan fingerprint density at radius 3 is 2.42 bits per heavy atom. The maximum atomic E-state index is 4.52. The van der Waals surface area contributed by atoms with E-state index < -0.39 is 0 Å². The van der Waals surface area contributed by atoms with E-state index in [4.69, 9.17) is 0 Å². The predicted octanol–water partition coefficient (Wildman–Crippen LogP) is 3.09. The lowest BCUT2D eigenvalue weighted by Gasteiger charge is -2.17. The molecule has 2 aromatic heterocycles. The average Bonchev–Trinajstić information content (AvgIpc) is 2.76. The Labute approximate surface area is 120 Å². The Morgan fingerprint density at radius 2 is 1.95 bits per heavy atom. The summed E-state index contributed by atoms with van der Waals surface area (Å²) >= 11 is 0. The molecule has 0 saturated heterocycles. The van der Waals surface area contributed by atoms with Crippen LogP contribution < -0.4 is 5.32 Å². The van der Waals surface area contributed by atoms with Gasteiger partial charge in [-0.2, -0.15) is 5.10 Å². The van der Waals surface area contributed by atoms with Gasteiger partial charge in [0, 0.05) is 30.6 Å². The Kier molecular flexibility index (Phi) is 4.95. The number of anilines is 1. The number of aromatic nitrogens is 3. The van der Waals surface area contributed by atoms with Crippen LogP contribution in [-0.4, -0.2) is 21.8 Å². The van der Waals surface area contributed by atoms with Crippen molar-refractivity contribution in [2.75, 3.05) is 12.4 Å². The molecule has 0 atom stereocenters. The maximum Gasteiger partial charge on any atom is 0.0724 e. The van der Waals surface area contributed by atoms with Crippen LogP contribution in [0.1, 0.15) is 32.0 Å². The fourth-order valence-corrected chi connectivity index (χ4v) is 1.73. The minimum Gasteiger partial charge on any atom is -0.386 e. The minimum absolute atomic E-state index is 0. The third-order valence-electron chi connectivity index (χ3n) is 2.86. The van der Waals surface area contributed by atoms with Crippen molar-refractivity contribution >= 4 is 18.1 Å². The molecule has 0 bridgehead atoms. The second-order valence-corrected chi connectivity index (χ2v) is 5.48. The number of hydrogen-bond acceptors (Lipinski definition) is 3. The molecule has 19 heavy (non-hydrogen) atoms. The molecule has 2 aromatic rings. The van der Waals surface area contributed by atoms with Crippen LogP contribution in [0.2, 0.25) is 0 Å². The highest BCUT2D eigenvalue weighted by Gasteiger charge is 2.14. The van der Waals surface area contributed by atoms with E-state index in [0.717, 1.165) is 23.5 Å². The lowest BCUT2D eigenvalue weighted by atomic mass is 9.91. The molecule has 1 N–H and O–H groups in total. The zero-order valence-corrected chi connectivity index (χ0v) is 12.7. The van der Waals surface area contributed by atoms with Crippen molar-refractivity contribution in [2.24, 2.45) is 0 Å². The summed E-state index contributed by atoms with van der Waals surface area (Å²) in [4.78, 5) is 4.52. The SMILES string of the molecule is CNc1cnn(Cc2ccc(C(C)(C)C)nc2)c1.Cl. The molecule has 0 unspecified atom stereocenters. The van der Waals surface area contributed by atoms with E-state index in [1.54, 1.807) is 0 Å². The largest absolute Gasteiger partial charge is 0.386 e. The van der Waals surface area contributed by atoms with Gasteiger partial charge in [0.25, 0.3) is 0 Å². The molecule has 0 saturated carbocycles. The van der Waals surface area contributed by atoms with Crippen molar-refractivity contribution in [3.63, 3.8) is 0 Å². The summed E-state index contributed by atoms with van der Waals surface area (Å²) in [6.07, 6.45) is 5.73. The second kappa shape index (κ2) is 6.06. The monoisotopic (exact) mass is 280 g/mol. The van der Waals surface area contributed by atoms with Gasteiger partial charge in [0.05, 0.1) is 18.4 Å². The van der Waals surface area contributed by atoms with Gasteiger partial charge in [-0.05, 0) is 11.6 Å². The van der Waals surface area contributed by atoms with Crippen LogP contribution in [0, 0.1) is 0 Å². The van der Waals surface area contributed by atoms with E-state index in [9.17, 15) is 0 Å². The molecule has 2 heterocycles. The molecule has 4 nitrogen and oxygen atoms in total. The van der Waals surface area contributed by atoms with E-state index in [1.807, 2.05) is 30.3 Å². The highest BCUT2D eigenvalue weighted by atomic mass is 35.5. The number of nitrogens with one attached hydrogen (secondary N) is 1. The minimum atomic E-state index is 0. The first-order valence-electron chi connectivity index (χ1n) is 6.14. The highest BCUT2D eigenvalue weighted by molar-refractivity contribution is 5.85. The van der Waals surface area contributed by atoms with Crippen LogP contribution in [-0.2, 0) is 12.0 Å². The van der Waals surface area contributed by atoms with Crippen LogP contribution in [0.15, 0.2) is 30.7 Å². The topological polar surface area (TPSA) is 42.7 Å². The van der Waals surface area contributed by atoms with Crippen molar-refractivity contribution in [1.82, 2.24) is 14.8 Å². The van der Waals surface area contributed by atoms with Crippen LogP contribution in [0.4, 0.5) is 5.69 Å². The molecule has 0 aliphatic rings. The van der Waals surface area contributed by atoms with E-state index >= 15 is 0 Å². The summed E-state index contributed by atoms with van der Waals surface area (Å²) in [6.45, 7) is 7.25. The van der Waals surface area contributed by atoms with Gasteiger partial charge in [0.1, 0.15) is 0 Å². The average molecular weight is 281 g/mol. The van der Waals surface area contributed by atoms with Crippen molar-refractivity contribution < 1.29 is 0 Å². The van der Waals surface area contributed by atoms with Gasteiger partial charge < -0.3 is 5.32 Å². The van der Waals surface area contributed by atoms with Gasteiger partial charge in [-0.1, -0.05) is 26.8 Å². The van der Waals surface area contributed by atoms with Crippen molar-refractivity contribution in [3.8, 4) is 0 Å². The normalized spacial score (nSPS) is 10.9. The number of nitrogens with zero attached hydrogens (tertiary/aromatic N) is 3. The van der Waals surface area contributed by atoms with Gasteiger partial charge in [-0.25, -0.2) is 0 Å². The number of halogens is 1. The summed E-state index contributed by atoms with van der Waals surface area (Å²) in [5.41, 5.74) is 3.40. The lowest BCUT2D eigenvalue weighted by molar-refractivity contribution is 0.567. The molecule has 0 radical (unpaired) electrons. The summed E-state index contributed by atoms with van der Waals surface area (Å²) in [5, 5.41) is 7.34. The smallest absolute Gasteiger partial charge is 0.0724 e. The first kappa shape index (κ1) is 15.5. The zero-order valence-electron chi connectivity index (χ0n) is 11.8.